The van der Waals surface area contributed by atoms with E-state index in [0.717, 1.165) is 38.5 Å². The quantitative estimate of drug-likeness (QED) is 0.683. The molecular formula is C18H32N4O2. The van der Waals surface area contributed by atoms with E-state index in [1.165, 1.54) is 6.42 Å². The summed E-state index contributed by atoms with van der Waals surface area (Å²) >= 11 is 0. The Kier molecular flexibility index (Phi) is 7.09. The number of nitrogens with zero attached hydrogens (tertiary/aromatic N) is 2. The molecule has 1 saturated carbocycles. The van der Waals surface area contributed by atoms with Crippen molar-refractivity contribution in [3.8, 4) is 0 Å². The highest BCUT2D eigenvalue weighted by molar-refractivity contribution is 5.74. The van der Waals surface area contributed by atoms with Crippen LogP contribution in [0.4, 0.5) is 4.79 Å². The van der Waals surface area contributed by atoms with Crippen LogP contribution in [0.3, 0.4) is 0 Å². The van der Waals surface area contributed by atoms with Crippen LogP contribution in [0.5, 0.6) is 0 Å². The van der Waals surface area contributed by atoms with Gasteiger partial charge in [-0.05, 0) is 43.6 Å². The summed E-state index contributed by atoms with van der Waals surface area (Å²) in [5.74, 6) is 0. The van der Waals surface area contributed by atoms with Crippen LogP contribution in [0.2, 0.25) is 0 Å². The largest absolute Gasteiger partial charge is 0.396 e. The first-order chi connectivity index (χ1) is 11.6. The minimum absolute atomic E-state index is 0.0138. The van der Waals surface area contributed by atoms with Crippen molar-refractivity contribution in [3.63, 3.8) is 0 Å². The van der Waals surface area contributed by atoms with E-state index >= 15 is 0 Å². The van der Waals surface area contributed by atoms with Gasteiger partial charge < -0.3 is 15.7 Å². The molecule has 0 saturated heterocycles. The summed E-state index contributed by atoms with van der Waals surface area (Å²) in [5.41, 5.74) is -0.0138. The van der Waals surface area contributed by atoms with E-state index in [2.05, 4.69) is 29.6 Å². The van der Waals surface area contributed by atoms with Crippen LogP contribution in [0.25, 0.3) is 0 Å². The van der Waals surface area contributed by atoms with E-state index in [9.17, 15) is 9.90 Å². The molecule has 2 amide bonds. The van der Waals surface area contributed by atoms with Gasteiger partial charge in [0.05, 0.1) is 12.1 Å². The molecule has 0 bridgehead atoms. The number of hydrogen-bond donors (Lipinski definition) is 3. The average molecular weight is 336 g/mol. The van der Waals surface area contributed by atoms with Gasteiger partial charge in [-0.2, -0.15) is 5.10 Å². The van der Waals surface area contributed by atoms with Gasteiger partial charge in [0.25, 0.3) is 0 Å². The maximum Gasteiger partial charge on any atom is 0.315 e. The second kappa shape index (κ2) is 9.06. The standard InChI is InChI=1S/C18H32N4O2/c1-3-18(4-2,10-13-23)14-19-17(24)21-15-8-5-6-9-16(15)22-12-7-11-20-22/h7,11-12,15-16,23H,3-6,8-10,13-14H2,1-2H3,(H2,19,21,24). The lowest BCUT2D eigenvalue weighted by atomic mass is 9.79. The van der Waals surface area contributed by atoms with E-state index in [4.69, 9.17) is 0 Å². The Hall–Kier alpha value is -1.56. The predicted octanol–water partition coefficient (Wildman–Crippen LogP) is 2.85. The second-order valence-corrected chi connectivity index (χ2v) is 6.95. The van der Waals surface area contributed by atoms with E-state index in [1.54, 1.807) is 6.20 Å². The molecule has 1 aromatic heterocycles. The Balaban J connectivity index is 1.90. The lowest BCUT2D eigenvalue weighted by Gasteiger charge is -2.34. The van der Waals surface area contributed by atoms with Crippen molar-refractivity contribution in [1.29, 1.82) is 0 Å². The number of aromatic nitrogens is 2. The molecule has 2 rings (SSSR count). The molecule has 24 heavy (non-hydrogen) atoms. The number of urea groups is 1. The van der Waals surface area contributed by atoms with Crippen LogP contribution in [-0.2, 0) is 0 Å². The zero-order valence-electron chi connectivity index (χ0n) is 15.0. The smallest absolute Gasteiger partial charge is 0.315 e. The maximum atomic E-state index is 12.4. The van der Waals surface area contributed by atoms with E-state index in [0.29, 0.717) is 6.54 Å². The minimum Gasteiger partial charge on any atom is -0.396 e. The normalized spacial score (nSPS) is 21.5. The topological polar surface area (TPSA) is 79.2 Å². The third kappa shape index (κ3) is 4.72. The molecule has 1 heterocycles. The SMILES string of the molecule is CCC(CC)(CCO)CNC(=O)NC1CCCCC1n1cccn1. The zero-order chi connectivity index (χ0) is 17.4. The van der Waals surface area contributed by atoms with Crippen LogP contribution in [0.15, 0.2) is 18.5 Å². The molecule has 0 radical (unpaired) electrons. The van der Waals surface area contributed by atoms with Crippen molar-refractivity contribution in [2.24, 2.45) is 5.41 Å². The first-order valence-corrected chi connectivity index (χ1v) is 9.28. The number of carbonyl (C=O) groups is 1. The van der Waals surface area contributed by atoms with Gasteiger partial charge in [0.2, 0.25) is 0 Å². The maximum absolute atomic E-state index is 12.4. The fourth-order valence-corrected chi connectivity index (χ4v) is 3.74. The summed E-state index contributed by atoms with van der Waals surface area (Å²) < 4.78 is 1.97. The van der Waals surface area contributed by atoms with Gasteiger partial charge in [-0.15, -0.1) is 0 Å². The van der Waals surface area contributed by atoms with E-state index < -0.39 is 0 Å². The van der Waals surface area contributed by atoms with Gasteiger partial charge in [-0.25, -0.2) is 4.79 Å². The summed E-state index contributed by atoms with van der Waals surface area (Å²) in [7, 11) is 0. The molecule has 1 aromatic rings. The van der Waals surface area contributed by atoms with Crippen LogP contribution in [-0.4, -0.2) is 40.1 Å². The average Bonchev–Trinajstić information content (AvgIpc) is 3.14. The van der Waals surface area contributed by atoms with Gasteiger partial charge in [-0.3, -0.25) is 4.68 Å². The predicted molar refractivity (Wildman–Crippen MR) is 94.8 cm³/mol. The van der Waals surface area contributed by atoms with Crippen molar-refractivity contribution >= 4 is 6.03 Å². The number of nitrogens with one attached hydrogen (secondary N) is 2. The van der Waals surface area contributed by atoms with Gasteiger partial charge >= 0.3 is 6.03 Å². The van der Waals surface area contributed by atoms with Gasteiger partial charge in [0.15, 0.2) is 0 Å². The Labute approximate surface area is 145 Å². The summed E-state index contributed by atoms with van der Waals surface area (Å²) in [6.07, 6.45) is 10.7. The molecule has 6 heteroatoms. The highest BCUT2D eigenvalue weighted by Gasteiger charge is 2.30. The van der Waals surface area contributed by atoms with Crippen molar-refractivity contribution in [1.82, 2.24) is 20.4 Å². The lowest BCUT2D eigenvalue weighted by Crippen LogP contribution is -2.49. The fraction of sp³-hybridized carbons (Fsp3) is 0.778. The molecule has 1 aliphatic carbocycles. The monoisotopic (exact) mass is 336 g/mol. The molecule has 0 spiro atoms. The zero-order valence-corrected chi connectivity index (χ0v) is 15.0. The summed E-state index contributed by atoms with van der Waals surface area (Å²) in [5, 5.41) is 19.8. The van der Waals surface area contributed by atoms with E-state index in [1.807, 2.05) is 16.9 Å². The minimum atomic E-state index is -0.108. The molecule has 3 N–H and O–H groups in total. The molecule has 2 unspecified atom stereocenters. The Morgan fingerprint density at radius 1 is 1.33 bits per heavy atom. The number of rotatable bonds is 8. The highest BCUT2D eigenvalue weighted by Crippen LogP contribution is 2.30. The molecular weight excluding hydrogens is 304 g/mol. The third-order valence-corrected chi connectivity index (χ3v) is 5.68. The van der Waals surface area contributed by atoms with E-state index in [-0.39, 0.29) is 30.1 Å². The van der Waals surface area contributed by atoms with Crippen molar-refractivity contribution in [2.75, 3.05) is 13.2 Å². The Bertz CT molecular complexity index is 485. The van der Waals surface area contributed by atoms with Crippen molar-refractivity contribution in [2.45, 2.75) is 70.9 Å². The molecule has 6 nitrogen and oxygen atoms in total. The Morgan fingerprint density at radius 3 is 2.71 bits per heavy atom. The number of aliphatic hydroxyl groups is 1. The summed E-state index contributed by atoms with van der Waals surface area (Å²) in [6.45, 7) is 5.00. The van der Waals surface area contributed by atoms with Crippen LogP contribution < -0.4 is 10.6 Å². The number of carbonyl (C=O) groups excluding carboxylic acids is 1. The molecule has 0 aromatic carbocycles. The molecule has 136 valence electrons. The third-order valence-electron chi connectivity index (χ3n) is 5.68. The number of amides is 2. The molecule has 2 atom stereocenters. The first-order valence-electron chi connectivity index (χ1n) is 9.28. The van der Waals surface area contributed by atoms with Crippen LogP contribution in [0, 0.1) is 5.41 Å². The molecule has 1 fully saturated rings. The van der Waals surface area contributed by atoms with Crippen molar-refractivity contribution in [3.05, 3.63) is 18.5 Å². The first kappa shape index (κ1) is 18.8. The lowest BCUT2D eigenvalue weighted by molar-refractivity contribution is 0.161. The summed E-state index contributed by atoms with van der Waals surface area (Å²) in [6, 6.07) is 2.17. The van der Waals surface area contributed by atoms with Crippen LogP contribution in [0.1, 0.15) is 64.8 Å². The highest BCUT2D eigenvalue weighted by atomic mass is 16.3. The Morgan fingerprint density at radius 2 is 2.08 bits per heavy atom. The van der Waals surface area contributed by atoms with Gasteiger partial charge in [-0.1, -0.05) is 26.7 Å². The van der Waals surface area contributed by atoms with Gasteiger partial charge in [0.1, 0.15) is 0 Å². The van der Waals surface area contributed by atoms with Crippen molar-refractivity contribution < 1.29 is 9.90 Å². The summed E-state index contributed by atoms with van der Waals surface area (Å²) in [4.78, 5) is 12.4. The number of aliphatic hydroxyl groups excluding tert-OH is 1. The fourth-order valence-electron chi connectivity index (χ4n) is 3.74. The molecule has 0 aliphatic heterocycles. The second-order valence-electron chi connectivity index (χ2n) is 6.95. The van der Waals surface area contributed by atoms with Gasteiger partial charge in [0, 0.05) is 25.5 Å². The molecule has 1 aliphatic rings. The van der Waals surface area contributed by atoms with Crippen LogP contribution >= 0.6 is 0 Å². The number of hydrogen-bond acceptors (Lipinski definition) is 3.